The van der Waals surface area contributed by atoms with Gasteiger partial charge in [-0.25, -0.2) is 0 Å². The van der Waals surface area contributed by atoms with Crippen LogP contribution in [-0.4, -0.2) is 34.9 Å². The number of benzene rings is 1. The third-order valence-electron chi connectivity index (χ3n) is 3.14. The highest BCUT2D eigenvalue weighted by Crippen LogP contribution is 2.25. The Labute approximate surface area is 118 Å². The smallest absolute Gasteiger partial charge is 0.270 e. The number of carbonyl (C=O) groups is 1. The topological polar surface area (TPSA) is 89.5 Å². The molecule has 0 spiro atoms. The van der Waals surface area contributed by atoms with E-state index in [0.717, 1.165) is 12.8 Å². The third kappa shape index (κ3) is 3.10. The van der Waals surface area contributed by atoms with E-state index in [1.807, 2.05) is 0 Å². The van der Waals surface area contributed by atoms with E-state index in [2.05, 4.69) is 15.9 Å². The number of rotatable bonds is 2. The van der Waals surface area contributed by atoms with Crippen LogP contribution in [-0.2, 0) is 0 Å². The van der Waals surface area contributed by atoms with Gasteiger partial charge in [-0.05, 0) is 34.8 Å². The summed E-state index contributed by atoms with van der Waals surface area (Å²) in [5.74, 6) is -0.142. The van der Waals surface area contributed by atoms with Gasteiger partial charge in [-0.1, -0.05) is 0 Å². The molecule has 1 saturated heterocycles. The average molecular weight is 328 g/mol. The van der Waals surface area contributed by atoms with Crippen molar-refractivity contribution in [1.29, 1.82) is 0 Å². The molecule has 1 aliphatic rings. The monoisotopic (exact) mass is 327 g/mol. The number of hydrogen-bond donors (Lipinski definition) is 1. The first kappa shape index (κ1) is 14.0. The number of non-ortho nitro benzene ring substituents is 1. The summed E-state index contributed by atoms with van der Waals surface area (Å²) in [4.78, 5) is 24.2. The standard InChI is InChI=1S/C12H14BrN3O3/c13-11-6-9(16(18)19)3-4-10(11)12(17)15-5-1-2-8(14)7-15/h3-4,6,8H,1-2,5,7,14H2/t8-/m1/s1. The highest BCUT2D eigenvalue weighted by Gasteiger charge is 2.24. The maximum Gasteiger partial charge on any atom is 0.270 e. The Hall–Kier alpha value is -1.47. The first-order chi connectivity index (χ1) is 8.99. The van der Waals surface area contributed by atoms with Crippen molar-refractivity contribution < 1.29 is 9.72 Å². The van der Waals surface area contributed by atoms with E-state index in [0.29, 0.717) is 23.1 Å². The third-order valence-corrected chi connectivity index (χ3v) is 3.80. The van der Waals surface area contributed by atoms with E-state index in [4.69, 9.17) is 5.73 Å². The molecule has 1 aromatic rings. The Morgan fingerprint density at radius 2 is 2.26 bits per heavy atom. The average Bonchev–Trinajstić information content (AvgIpc) is 2.37. The highest BCUT2D eigenvalue weighted by atomic mass is 79.9. The van der Waals surface area contributed by atoms with Crippen molar-refractivity contribution in [3.8, 4) is 0 Å². The number of carbonyl (C=O) groups excluding carboxylic acids is 1. The Kier molecular flexibility index (Phi) is 4.16. The Morgan fingerprint density at radius 3 is 2.84 bits per heavy atom. The normalized spacial score (nSPS) is 19.3. The fourth-order valence-corrected chi connectivity index (χ4v) is 2.69. The van der Waals surface area contributed by atoms with E-state index in [1.54, 1.807) is 4.90 Å². The van der Waals surface area contributed by atoms with Crippen LogP contribution in [0.3, 0.4) is 0 Å². The molecule has 102 valence electrons. The van der Waals surface area contributed by atoms with E-state index in [9.17, 15) is 14.9 Å². The molecule has 19 heavy (non-hydrogen) atoms. The van der Waals surface area contributed by atoms with Crippen LogP contribution in [0.4, 0.5) is 5.69 Å². The zero-order valence-corrected chi connectivity index (χ0v) is 11.8. The number of amides is 1. The molecule has 1 heterocycles. The zero-order chi connectivity index (χ0) is 14.0. The summed E-state index contributed by atoms with van der Waals surface area (Å²) < 4.78 is 0.436. The van der Waals surface area contributed by atoms with E-state index in [-0.39, 0.29) is 17.6 Å². The molecule has 2 N–H and O–H groups in total. The molecule has 0 aliphatic carbocycles. The summed E-state index contributed by atoms with van der Waals surface area (Å²) in [6.45, 7) is 1.21. The van der Waals surface area contributed by atoms with Crippen LogP contribution in [0.25, 0.3) is 0 Å². The summed E-state index contributed by atoms with van der Waals surface area (Å²) in [5, 5.41) is 10.7. The predicted octanol–water partition coefficient (Wildman–Crippen LogP) is 1.92. The minimum atomic E-state index is -0.490. The number of nitro benzene ring substituents is 1. The lowest BCUT2D eigenvalue weighted by Gasteiger charge is -2.31. The van der Waals surface area contributed by atoms with Crippen molar-refractivity contribution in [2.45, 2.75) is 18.9 Å². The lowest BCUT2D eigenvalue weighted by molar-refractivity contribution is -0.384. The first-order valence-electron chi connectivity index (χ1n) is 5.98. The summed E-state index contributed by atoms with van der Waals surface area (Å²) in [6.07, 6.45) is 1.81. The molecule has 6 nitrogen and oxygen atoms in total. The van der Waals surface area contributed by atoms with Gasteiger partial charge in [-0.15, -0.1) is 0 Å². The van der Waals surface area contributed by atoms with Crippen LogP contribution < -0.4 is 5.73 Å². The number of halogens is 1. The van der Waals surface area contributed by atoms with Gasteiger partial charge in [0.1, 0.15) is 0 Å². The molecule has 1 fully saturated rings. The second-order valence-electron chi connectivity index (χ2n) is 4.57. The van der Waals surface area contributed by atoms with Gasteiger partial charge in [0.25, 0.3) is 11.6 Å². The van der Waals surface area contributed by atoms with Gasteiger partial charge in [0.15, 0.2) is 0 Å². The molecule has 0 saturated carbocycles. The lowest BCUT2D eigenvalue weighted by atomic mass is 10.1. The summed E-state index contributed by atoms with van der Waals surface area (Å²) in [6, 6.07) is 4.17. The molecule has 1 amide bonds. The van der Waals surface area contributed by atoms with Crippen LogP contribution in [0, 0.1) is 10.1 Å². The van der Waals surface area contributed by atoms with Crippen molar-refractivity contribution in [3.63, 3.8) is 0 Å². The highest BCUT2D eigenvalue weighted by molar-refractivity contribution is 9.10. The summed E-state index contributed by atoms with van der Waals surface area (Å²) in [5.41, 5.74) is 6.24. The van der Waals surface area contributed by atoms with Crippen molar-refractivity contribution in [2.75, 3.05) is 13.1 Å². The van der Waals surface area contributed by atoms with Gasteiger partial charge < -0.3 is 10.6 Å². The largest absolute Gasteiger partial charge is 0.337 e. The molecule has 0 radical (unpaired) electrons. The van der Waals surface area contributed by atoms with Gasteiger partial charge in [-0.3, -0.25) is 14.9 Å². The fourth-order valence-electron chi connectivity index (χ4n) is 2.16. The molecular weight excluding hydrogens is 314 g/mol. The predicted molar refractivity (Wildman–Crippen MR) is 73.9 cm³/mol. The lowest BCUT2D eigenvalue weighted by Crippen LogP contribution is -2.45. The SMILES string of the molecule is N[C@@H]1CCCN(C(=O)c2ccc([N+](=O)[O-])cc2Br)C1. The molecule has 1 aromatic carbocycles. The zero-order valence-electron chi connectivity index (χ0n) is 10.2. The molecule has 0 aromatic heterocycles. The number of nitro groups is 1. The molecular formula is C12H14BrN3O3. The Morgan fingerprint density at radius 1 is 1.53 bits per heavy atom. The second kappa shape index (κ2) is 5.66. The number of nitrogens with two attached hydrogens (primary N) is 1. The minimum absolute atomic E-state index is 0.00882. The molecule has 7 heteroatoms. The quantitative estimate of drug-likeness (QED) is 0.663. The number of likely N-dealkylation sites (tertiary alicyclic amines) is 1. The van der Waals surface area contributed by atoms with Gasteiger partial charge in [0, 0.05) is 35.7 Å². The first-order valence-corrected chi connectivity index (χ1v) is 6.77. The van der Waals surface area contributed by atoms with Crippen LogP contribution in [0.5, 0.6) is 0 Å². The summed E-state index contributed by atoms with van der Waals surface area (Å²) in [7, 11) is 0. The maximum absolute atomic E-state index is 12.3. The van der Waals surface area contributed by atoms with E-state index >= 15 is 0 Å². The number of nitrogens with zero attached hydrogens (tertiary/aromatic N) is 2. The van der Waals surface area contributed by atoms with Crippen LogP contribution in [0.1, 0.15) is 23.2 Å². The van der Waals surface area contributed by atoms with E-state index in [1.165, 1.54) is 18.2 Å². The minimum Gasteiger partial charge on any atom is -0.337 e. The van der Waals surface area contributed by atoms with Crippen molar-refractivity contribution >= 4 is 27.5 Å². The Balaban J connectivity index is 2.21. The molecule has 1 atom stereocenters. The van der Waals surface area contributed by atoms with Gasteiger partial charge in [0.05, 0.1) is 10.5 Å². The van der Waals surface area contributed by atoms with Gasteiger partial charge in [0.2, 0.25) is 0 Å². The number of piperidine rings is 1. The van der Waals surface area contributed by atoms with Gasteiger partial charge in [-0.2, -0.15) is 0 Å². The fraction of sp³-hybridized carbons (Fsp3) is 0.417. The maximum atomic E-state index is 12.3. The molecule has 0 unspecified atom stereocenters. The molecule has 1 aliphatic heterocycles. The molecule has 2 rings (SSSR count). The van der Waals surface area contributed by atoms with Crippen LogP contribution in [0.15, 0.2) is 22.7 Å². The molecule has 0 bridgehead atoms. The van der Waals surface area contributed by atoms with Crippen molar-refractivity contribution in [3.05, 3.63) is 38.3 Å². The van der Waals surface area contributed by atoms with Crippen molar-refractivity contribution in [1.82, 2.24) is 4.90 Å². The van der Waals surface area contributed by atoms with Gasteiger partial charge >= 0.3 is 0 Å². The summed E-state index contributed by atoms with van der Waals surface area (Å²) >= 11 is 3.21. The second-order valence-corrected chi connectivity index (χ2v) is 5.43. The number of hydrogen-bond acceptors (Lipinski definition) is 4. The van der Waals surface area contributed by atoms with Crippen LogP contribution in [0.2, 0.25) is 0 Å². The van der Waals surface area contributed by atoms with Crippen LogP contribution >= 0.6 is 15.9 Å². The van der Waals surface area contributed by atoms with E-state index < -0.39 is 4.92 Å². The Bertz CT molecular complexity index is 521. The van der Waals surface area contributed by atoms with Crippen molar-refractivity contribution in [2.24, 2.45) is 5.73 Å².